The van der Waals surface area contributed by atoms with Crippen LogP contribution in [-0.2, 0) is 26.3 Å². The zero-order valence-electron chi connectivity index (χ0n) is 18.0. The van der Waals surface area contributed by atoms with Gasteiger partial charge in [-0.25, -0.2) is 9.48 Å². The number of carboxylic acid groups (broad SMARTS) is 1. The minimum atomic E-state index is -1.23. The third-order valence-corrected chi connectivity index (χ3v) is 7.69. The van der Waals surface area contributed by atoms with Gasteiger partial charge in [-0.2, -0.15) is 9.36 Å². The summed E-state index contributed by atoms with van der Waals surface area (Å²) in [6, 6.07) is -0.973. The van der Waals surface area contributed by atoms with Crippen LogP contribution in [0.5, 0.6) is 0 Å². The van der Waals surface area contributed by atoms with Crippen LogP contribution < -0.4 is 11.1 Å². The number of nitrogens with two attached hydrogens (primary N) is 1. The lowest BCUT2D eigenvalue weighted by molar-refractivity contribution is -0.150. The number of aromatic nitrogens is 6. The van der Waals surface area contributed by atoms with Crippen molar-refractivity contribution in [1.82, 2.24) is 39.8 Å². The minimum absolute atomic E-state index is 0.0307. The molecule has 184 valence electrons. The molecule has 4 heterocycles. The number of nitrogen functional groups attached to an aromatic ring is 1. The average molecular weight is 539 g/mol. The SMILES string of the molecule is C=CCON=C(C(=O)NC1C(=O)N2C(C(=O)O)=C(CSc3nnnn3C)CS[C@@H]12)c1nsc(N)n1. The molecule has 2 amide bonds. The van der Waals surface area contributed by atoms with Crippen LogP contribution in [0.3, 0.4) is 0 Å². The van der Waals surface area contributed by atoms with E-state index in [1.165, 1.54) is 39.2 Å². The second kappa shape index (κ2) is 10.4. The molecule has 35 heavy (non-hydrogen) atoms. The molecular formula is C17H18N10O5S3. The number of amides is 2. The molecular weight excluding hydrogens is 520 g/mol. The molecule has 0 bridgehead atoms. The molecule has 1 fully saturated rings. The third-order valence-electron chi connectivity index (χ3n) is 4.71. The minimum Gasteiger partial charge on any atom is -0.477 e. The lowest BCUT2D eigenvalue weighted by atomic mass is 10.0. The summed E-state index contributed by atoms with van der Waals surface area (Å²) in [4.78, 5) is 48.0. The number of rotatable bonds is 10. The second-order valence-corrected chi connectivity index (χ2v) is 9.80. The van der Waals surface area contributed by atoms with Gasteiger partial charge in [-0.1, -0.05) is 29.6 Å². The van der Waals surface area contributed by atoms with Crippen molar-refractivity contribution < 1.29 is 24.3 Å². The Kier molecular flexibility index (Phi) is 7.31. The molecule has 0 spiro atoms. The lowest BCUT2D eigenvalue weighted by Gasteiger charge is -2.49. The molecule has 4 rings (SSSR count). The van der Waals surface area contributed by atoms with Crippen LogP contribution in [0.4, 0.5) is 5.13 Å². The molecule has 2 atom stereocenters. The summed E-state index contributed by atoms with van der Waals surface area (Å²) in [5, 5.41) is 27.3. The number of oxime groups is 1. The Morgan fingerprint density at radius 2 is 2.29 bits per heavy atom. The number of hydrogen-bond donors (Lipinski definition) is 3. The fraction of sp³-hybridized carbons (Fsp3) is 0.353. The maximum Gasteiger partial charge on any atom is 0.352 e. The van der Waals surface area contributed by atoms with Gasteiger partial charge in [-0.15, -0.1) is 16.9 Å². The first-order valence-electron chi connectivity index (χ1n) is 9.78. The molecule has 2 aliphatic heterocycles. The van der Waals surface area contributed by atoms with Gasteiger partial charge >= 0.3 is 5.97 Å². The van der Waals surface area contributed by atoms with E-state index in [9.17, 15) is 19.5 Å². The van der Waals surface area contributed by atoms with Crippen molar-refractivity contribution in [2.24, 2.45) is 12.2 Å². The van der Waals surface area contributed by atoms with Crippen LogP contribution in [0.15, 0.2) is 34.2 Å². The smallest absolute Gasteiger partial charge is 0.352 e. The Hall–Kier alpha value is -3.51. The highest BCUT2D eigenvalue weighted by Gasteiger charge is 2.54. The normalized spacial score (nSPS) is 19.7. The van der Waals surface area contributed by atoms with Crippen LogP contribution >= 0.6 is 35.1 Å². The molecule has 2 aromatic heterocycles. The number of anilines is 1. The number of aryl methyl sites for hydroxylation is 1. The Balaban J connectivity index is 1.49. The second-order valence-electron chi connectivity index (χ2n) is 6.97. The van der Waals surface area contributed by atoms with Gasteiger partial charge in [0.1, 0.15) is 23.7 Å². The van der Waals surface area contributed by atoms with E-state index in [-0.39, 0.29) is 34.7 Å². The Labute approximate surface area is 210 Å². The largest absolute Gasteiger partial charge is 0.477 e. The summed E-state index contributed by atoms with van der Waals surface area (Å²) in [5.74, 6) is -1.99. The summed E-state index contributed by atoms with van der Waals surface area (Å²) in [5.41, 5.74) is 5.77. The quantitative estimate of drug-likeness (QED) is 0.0837. The maximum absolute atomic E-state index is 12.9. The Morgan fingerprint density at radius 3 is 2.91 bits per heavy atom. The van der Waals surface area contributed by atoms with Crippen molar-refractivity contribution in [2.75, 3.05) is 23.8 Å². The standard InChI is InChI=1S/C17H18N10O5S3/c1-3-4-32-22-8(11-20-16(18)35-23-11)12(28)19-9-13(29)27-10(15(30)31)7(5-33-14(9)27)6-34-17-21-24-25-26(17)2/h3,9,14H,1,4-6H2,2H3,(H,19,28)(H,30,31)(H2,18,20,23)/t9?,14-/m0/s1. The fourth-order valence-electron chi connectivity index (χ4n) is 3.17. The molecule has 15 nitrogen and oxygen atoms in total. The van der Waals surface area contributed by atoms with Crippen molar-refractivity contribution in [1.29, 1.82) is 0 Å². The number of carbonyl (C=O) groups is 3. The van der Waals surface area contributed by atoms with E-state index in [4.69, 9.17) is 10.6 Å². The number of nitrogens with one attached hydrogen (secondary N) is 1. The third kappa shape index (κ3) is 4.98. The highest BCUT2D eigenvalue weighted by Crippen LogP contribution is 2.41. The number of tetrazole rings is 1. The van der Waals surface area contributed by atoms with Crippen LogP contribution in [0.25, 0.3) is 0 Å². The molecule has 0 aliphatic carbocycles. The van der Waals surface area contributed by atoms with Gasteiger partial charge in [0.25, 0.3) is 11.8 Å². The van der Waals surface area contributed by atoms with Gasteiger partial charge in [-0.3, -0.25) is 14.5 Å². The number of fused-ring (bicyclic) bond motifs is 1. The summed E-state index contributed by atoms with van der Waals surface area (Å²) < 4.78 is 5.43. The lowest BCUT2D eigenvalue weighted by Crippen LogP contribution is -2.71. The van der Waals surface area contributed by atoms with Gasteiger partial charge < -0.3 is 21.0 Å². The summed E-state index contributed by atoms with van der Waals surface area (Å²) in [7, 11) is 1.67. The van der Waals surface area contributed by atoms with Crippen molar-refractivity contribution in [3.8, 4) is 0 Å². The zero-order chi connectivity index (χ0) is 25.1. The predicted octanol–water partition coefficient (Wildman–Crippen LogP) is -0.919. The average Bonchev–Trinajstić information content (AvgIpc) is 3.45. The Bertz CT molecular complexity index is 1240. The molecule has 2 aliphatic rings. The van der Waals surface area contributed by atoms with Crippen molar-refractivity contribution >= 4 is 63.7 Å². The number of β-lactam (4-membered cyclic amide) rings is 1. The van der Waals surface area contributed by atoms with Crippen LogP contribution in [0.2, 0.25) is 0 Å². The van der Waals surface area contributed by atoms with Crippen LogP contribution in [0, 0.1) is 0 Å². The van der Waals surface area contributed by atoms with E-state index in [1.807, 2.05) is 0 Å². The molecule has 1 saturated heterocycles. The van der Waals surface area contributed by atoms with Crippen molar-refractivity contribution in [3.05, 3.63) is 29.7 Å². The zero-order valence-corrected chi connectivity index (χ0v) is 20.5. The summed E-state index contributed by atoms with van der Waals surface area (Å²) >= 11 is 3.46. The van der Waals surface area contributed by atoms with Gasteiger partial charge in [0.15, 0.2) is 5.13 Å². The number of carbonyl (C=O) groups excluding carboxylic acids is 2. The van der Waals surface area contributed by atoms with E-state index in [0.717, 1.165) is 11.5 Å². The van der Waals surface area contributed by atoms with E-state index in [1.54, 1.807) is 7.05 Å². The molecule has 0 aromatic carbocycles. The van der Waals surface area contributed by atoms with Gasteiger partial charge in [-0.05, 0) is 16.0 Å². The first-order valence-corrected chi connectivity index (χ1v) is 12.6. The number of carboxylic acids is 1. The predicted molar refractivity (Wildman–Crippen MR) is 126 cm³/mol. The maximum atomic E-state index is 12.9. The molecule has 4 N–H and O–H groups in total. The first kappa shape index (κ1) is 24.6. The summed E-state index contributed by atoms with van der Waals surface area (Å²) in [6.07, 6.45) is 1.43. The van der Waals surface area contributed by atoms with E-state index >= 15 is 0 Å². The fourth-order valence-corrected chi connectivity index (χ4v) is 5.94. The molecule has 1 unspecified atom stereocenters. The Morgan fingerprint density at radius 1 is 1.49 bits per heavy atom. The number of aliphatic carboxylic acids is 1. The van der Waals surface area contributed by atoms with Gasteiger partial charge in [0.2, 0.25) is 16.7 Å². The van der Waals surface area contributed by atoms with Crippen molar-refractivity contribution in [3.63, 3.8) is 0 Å². The van der Waals surface area contributed by atoms with Crippen LogP contribution in [0.1, 0.15) is 5.82 Å². The number of nitrogens with zero attached hydrogens (tertiary/aromatic N) is 8. The molecule has 18 heteroatoms. The van der Waals surface area contributed by atoms with Gasteiger partial charge in [0.05, 0.1) is 0 Å². The highest BCUT2D eigenvalue weighted by molar-refractivity contribution is 8.01. The van der Waals surface area contributed by atoms with Crippen molar-refractivity contribution in [2.45, 2.75) is 16.6 Å². The molecule has 0 saturated carbocycles. The molecule has 0 radical (unpaired) electrons. The van der Waals surface area contributed by atoms with Gasteiger partial charge in [0, 0.05) is 30.1 Å². The first-order chi connectivity index (χ1) is 16.8. The van der Waals surface area contributed by atoms with E-state index < -0.39 is 29.2 Å². The molecule has 2 aromatic rings. The van der Waals surface area contributed by atoms with E-state index in [2.05, 4.69) is 41.9 Å². The van der Waals surface area contributed by atoms with Crippen LogP contribution in [-0.4, -0.2) is 92.6 Å². The number of thioether (sulfide) groups is 2. The monoisotopic (exact) mass is 538 g/mol. The van der Waals surface area contributed by atoms with E-state index in [0.29, 0.717) is 16.5 Å². The number of hydrogen-bond acceptors (Lipinski definition) is 14. The topological polar surface area (TPSA) is 204 Å². The highest BCUT2D eigenvalue weighted by atomic mass is 32.2. The summed E-state index contributed by atoms with van der Waals surface area (Å²) in [6.45, 7) is 3.53.